The number of thioether (sulfide) groups is 1. The fraction of sp³-hybridized carbons (Fsp3) is 0.200. The lowest BCUT2D eigenvalue weighted by atomic mass is 10.2. The Kier molecular flexibility index (Phi) is 4.10. The van der Waals surface area contributed by atoms with Gasteiger partial charge < -0.3 is 4.57 Å². The summed E-state index contributed by atoms with van der Waals surface area (Å²) in [5.41, 5.74) is 4.29. The smallest absolute Gasteiger partial charge is 0.169 e. The predicted octanol–water partition coefficient (Wildman–Crippen LogP) is 5.05. The van der Waals surface area contributed by atoms with E-state index < -0.39 is 0 Å². The van der Waals surface area contributed by atoms with Crippen molar-refractivity contribution >= 4 is 11.8 Å². The highest BCUT2D eigenvalue weighted by Gasteiger charge is 2.28. The average Bonchev–Trinajstić information content (AvgIpc) is 3.40. The molecule has 2 aromatic carbocycles. The summed E-state index contributed by atoms with van der Waals surface area (Å²) in [6.45, 7) is 0. The second-order valence-corrected chi connectivity index (χ2v) is 6.94. The average molecular weight is 331 g/mol. The molecule has 1 saturated carbocycles. The molecule has 0 bridgehead atoms. The summed E-state index contributed by atoms with van der Waals surface area (Å²) in [7, 11) is 0. The van der Waals surface area contributed by atoms with Crippen LogP contribution in [0, 0.1) is 11.3 Å². The molecule has 1 aliphatic carbocycles. The maximum atomic E-state index is 9.03. The van der Waals surface area contributed by atoms with E-state index in [2.05, 4.69) is 46.0 Å². The van der Waals surface area contributed by atoms with Gasteiger partial charge >= 0.3 is 0 Å². The summed E-state index contributed by atoms with van der Waals surface area (Å²) >= 11 is 1.75. The van der Waals surface area contributed by atoms with Gasteiger partial charge in [-0.25, -0.2) is 4.98 Å². The topological polar surface area (TPSA) is 41.6 Å². The molecule has 0 N–H and O–H groups in total. The Hall–Kier alpha value is -2.51. The van der Waals surface area contributed by atoms with Crippen LogP contribution in [0.3, 0.4) is 0 Å². The highest BCUT2D eigenvalue weighted by molar-refractivity contribution is 7.98. The van der Waals surface area contributed by atoms with E-state index in [4.69, 9.17) is 5.26 Å². The number of benzene rings is 2. The Balaban J connectivity index is 1.60. The summed E-state index contributed by atoms with van der Waals surface area (Å²) < 4.78 is 2.38. The molecule has 0 unspecified atom stereocenters. The van der Waals surface area contributed by atoms with Crippen molar-refractivity contribution in [2.45, 2.75) is 29.8 Å². The summed E-state index contributed by atoms with van der Waals surface area (Å²) in [5.74, 6) is 0.827. The first kappa shape index (κ1) is 15.0. The SMILES string of the molecule is N#Cc1cccc(CSc2ncc(-c3ccccc3)n2C2CC2)c1. The van der Waals surface area contributed by atoms with E-state index >= 15 is 0 Å². The van der Waals surface area contributed by atoms with Crippen molar-refractivity contribution in [1.29, 1.82) is 5.26 Å². The Morgan fingerprint density at radius 1 is 1.12 bits per heavy atom. The lowest BCUT2D eigenvalue weighted by Crippen LogP contribution is -1.99. The van der Waals surface area contributed by atoms with Crippen molar-refractivity contribution in [3.05, 3.63) is 71.9 Å². The minimum absolute atomic E-state index is 0.579. The molecule has 0 amide bonds. The molecule has 4 heteroatoms. The Bertz CT molecular complexity index is 889. The van der Waals surface area contributed by atoms with Crippen molar-refractivity contribution in [1.82, 2.24) is 9.55 Å². The molecular formula is C20H17N3S. The Labute approximate surface area is 146 Å². The molecule has 1 fully saturated rings. The zero-order valence-corrected chi connectivity index (χ0v) is 14.0. The molecule has 24 heavy (non-hydrogen) atoms. The van der Waals surface area contributed by atoms with E-state index in [9.17, 15) is 0 Å². The van der Waals surface area contributed by atoms with Gasteiger partial charge in [-0.1, -0.05) is 54.2 Å². The van der Waals surface area contributed by atoms with E-state index in [1.807, 2.05) is 30.5 Å². The van der Waals surface area contributed by atoms with Gasteiger partial charge in [0, 0.05) is 11.8 Å². The largest absolute Gasteiger partial charge is 0.316 e. The molecule has 1 aromatic heterocycles. The van der Waals surface area contributed by atoms with Crippen molar-refractivity contribution in [3.63, 3.8) is 0 Å². The normalized spacial score (nSPS) is 13.6. The van der Waals surface area contributed by atoms with E-state index in [-0.39, 0.29) is 0 Å². The third-order valence-corrected chi connectivity index (χ3v) is 5.21. The van der Waals surface area contributed by atoms with Crippen molar-refractivity contribution in [3.8, 4) is 17.3 Å². The highest BCUT2D eigenvalue weighted by atomic mass is 32.2. The zero-order chi connectivity index (χ0) is 16.4. The van der Waals surface area contributed by atoms with Gasteiger partial charge in [0.1, 0.15) is 0 Å². The van der Waals surface area contributed by atoms with Gasteiger partial charge in [0.2, 0.25) is 0 Å². The summed E-state index contributed by atoms with van der Waals surface area (Å²) in [6.07, 6.45) is 4.45. The number of rotatable bonds is 5. The lowest BCUT2D eigenvalue weighted by Gasteiger charge is -2.11. The van der Waals surface area contributed by atoms with E-state index in [1.165, 1.54) is 24.1 Å². The van der Waals surface area contributed by atoms with Gasteiger partial charge in [-0.15, -0.1) is 0 Å². The van der Waals surface area contributed by atoms with E-state index in [0.717, 1.165) is 16.5 Å². The van der Waals surface area contributed by atoms with Crippen LogP contribution in [0.15, 0.2) is 66.0 Å². The Morgan fingerprint density at radius 2 is 1.96 bits per heavy atom. The number of hydrogen-bond acceptors (Lipinski definition) is 3. The number of imidazole rings is 1. The van der Waals surface area contributed by atoms with Crippen LogP contribution in [-0.2, 0) is 5.75 Å². The maximum Gasteiger partial charge on any atom is 0.169 e. The molecule has 3 aromatic rings. The number of aromatic nitrogens is 2. The summed E-state index contributed by atoms with van der Waals surface area (Å²) in [4.78, 5) is 4.67. The third kappa shape index (κ3) is 3.08. The van der Waals surface area contributed by atoms with E-state index in [1.54, 1.807) is 11.8 Å². The molecule has 0 saturated heterocycles. The third-order valence-electron chi connectivity index (χ3n) is 4.17. The van der Waals surface area contributed by atoms with Crippen LogP contribution in [0.5, 0.6) is 0 Å². The van der Waals surface area contributed by atoms with E-state index in [0.29, 0.717) is 11.6 Å². The molecule has 0 aliphatic heterocycles. The van der Waals surface area contributed by atoms with Gasteiger partial charge in [-0.2, -0.15) is 5.26 Å². The predicted molar refractivity (Wildman–Crippen MR) is 96.7 cm³/mol. The highest BCUT2D eigenvalue weighted by Crippen LogP contribution is 2.42. The number of nitriles is 1. The van der Waals surface area contributed by atoms with Crippen molar-refractivity contribution in [2.24, 2.45) is 0 Å². The van der Waals surface area contributed by atoms with Crippen LogP contribution >= 0.6 is 11.8 Å². The molecular weight excluding hydrogens is 314 g/mol. The Morgan fingerprint density at radius 3 is 2.71 bits per heavy atom. The van der Waals surface area contributed by atoms with Crippen LogP contribution in [0.25, 0.3) is 11.3 Å². The molecule has 118 valence electrons. The fourth-order valence-electron chi connectivity index (χ4n) is 2.84. The minimum atomic E-state index is 0.579. The summed E-state index contributed by atoms with van der Waals surface area (Å²) in [6, 6.07) is 21.0. The van der Waals surface area contributed by atoms with Crippen LogP contribution < -0.4 is 0 Å². The maximum absolute atomic E-state index is 9.03. The van der Waals surface area contributed by atoms with Gasteiger partial charge in [0.05, 0.1) is 23.5 Å². The molecule has 3 nitrogen and oxygen atoms in total. The number of nitrogens with zero attached hydrogens (tertiary/aromatic N) is 3. The van der Waals surface area contributed by atoms with Gasteiger partial charge in [0.15, 0.2) is 5.16 Å². The molecule has 0 spiro atoms. The fourth-order valence-corrected chi connectivity index (χ4v) is 3.83. The lowest BCUT2D eigenvalue weighted by molar-refractivity contribution is 0.669. The minimum Gasteiger partial charge on any atom is -0.316 e. The first-order valence-corrected chi connectivity index (χ1v) is 9.08. The summed E-state index contributed by atoms with van der Waals surface area (Å²) in [5, 5.41) is 10.1. The van der Waals surface area contributed by atoms with Crippen LogP contribution in [-0.4, -0.2) is 9.55 Å². The first-order valence-electron chi connectivity index (χ1n) is 8.09. The second kappa shape index (κ2) is 6.54. The van der Waals surface area contributed by atoms with Gasteiger partial charge in [0.25, 0.3) is 0 Å². The molecule has 1 aliphatic rings. The van der Waals surface area contributed by atoms with Crippen LogP contribution in [0.4, 0.5) is 0 Å². The van der Waals surface area contributed by atoms with Crippen LogP contribution in [0.2, 0.25) is 0 Å². The van der Waals surface area contributed by atoms with Gasteiger partial charge in [-0.3, -0.25) is 0 Å². The molecule has 1 heterocycles. The molecule has 0 atom stereocenters. The first-order chi connectivity index (χ1) is 11.8. The standard InChI is InChI=1S/C20H17N3S/c21-12-15-5-4-6-16(11-15)14-24-20-22-13-19(23(20)18-9-10-18)17-7-2-1-3-8-17/h1-8,11,13,18H,9-10,14H2. The number of hydrogen-bond donors (Lipinski definition) is 0. The molecule has 4 rings (SSSR count). The quantitative estimate of drug-likeness (QED) is 0.614. The van der Waals surface area contributed by atoms with Crippen LogP contribution in [0.1, 0.15) is 30.0 Å². The second-order valence-electron chi connectivity index (χ2n) is 5.99. The monoisotopic (exact) mass is 331 g/mol. The van der Waals surface area contributed by atoms with Crippen molar-refractivity contribution < 1.29 is 0 Å². The zero-order valence-electron chi connectivity index (χ0n) is 13.2. The molecule has 0 radical (unpaired) electrons. The van der Waals surface area contributed by atoms with Gasteiger partial charge in [-0.05, 0) is 36.1 Å². The van der Waals surface area contributed by atoms with Crippen molar-refractivity contribution in [2.75, 3.05) is 0 Å².